The van der Waals surface area contributed by atoms with E-state index < -0.39 is 5.97 Å². The number of hydrogen-bond acceptors (Lipinski definition) is 3. The molecule has 0 spiro atoms. The third kappa shape index (κ3) is 6.85. The summed E-state index contributed by atoms with van der Waals surface area (Å²) in [7, 11) is 0. The lowest BCUT2D eigenvalue weighted by molar-refractivity contribution is 0.0696. The highest BCUT2D eigenvalue weighted by Gasteiger charge is 2.31. The van der Waals surface area contributed by atoms with Crippen LogP contribution in [0.2, 0.25) is 0 Å². The van der Waals surface area contributed by atoms with Gasteiger partial charge in [0.25, 0.3) is 5.91 Å². The molecule has 2 aromatic carbocycles. The molecule has 0 unspecified atom stereocenters. The van der Waals surface area contributed by atoms with Gasteiger partial charge in [-0.25, -0.2) is 4.79 Å². The number of benzene rings is 2. The molecule has 0 radical (unpaired) electrons. The molecule has 34 heavy (non-hydrogen) atoms. The topological polar surface area (TPSA) is 69.6 Å². The molecule has 0 fully saturated rings. The second-order valence-corrected chi connectivity index (χ2v) is 10.2. The van der Waals surface area contributed by atoms with Crippen LogP contribution in [0.15, 0.2) is 42.5 Å². The van der Waals surface area contributed by atoms with Crippen LogP contribution in [0.5, 0.6) is 0 Å². The molecule has 0 aromatic heterocycles. The maximum absolute atomic E-state index is 12.9. The minimum Gasteiger partial charge on any atom is -0.478 e. The smallest absolute Gasteiger partial charge is 0.335 e. The van der Waals surface area contributed by atoms with Crippen LogP contribution >= 0.6 is 0 Å². The van der Waals surface area contributed by atoms with E-state index in [2.05, 4.69) is 37.1 Å². The van der Waals surface area contributed by atoms with Gasteiger partial charge < -0.3 is 15.3 Å². The predicted octanol–water partition coefficient (Wildman–Crippen LogP) is 7.27. The highest BCUT2D eigenvalue weighted by atomic mass is 16.4. The Balaban J connectivity index is 1.64. The van der Waals surface area contributed by atoms with Gasteiger partial charge in [0.05, 0.1) is 5.56 Å². The Bertz CT molecular complexity index is 966. The number of carbonyl (C=O) groups excluding carboxylic acids is 1. The summed E-state index contributed by atoms with van der Waals surface area (Å²) >= 11 is 0. The van der Waals surface area contributed by atoms with Crippen molar-refractivity contribution in [1.82, 2.24) is 0 Å². The summed E-state index contributed by atoms with van der Waals surface area (Å²) in [6, 6.07) is 12.3. The van der Waals surface area contributed by atoms with Gasteiger partial charge in [-0.3, -0.25) is 4.79 Å². The number of rotatable bonds is 12. The molecule has 0 atom stereocenters. The lowest BCUT2D eigenvalue weighted by Gasteiger charge is -2.40. The lowest BCUT2D eigenvalue weighted by Crippen LogP contribution is -2.38. The number of nitrogens with zero attached hydrogens (tertiary/aromatic N) is 1. The largest absolute Gasteiger partial charge is 0.478 e. The minimum absolute atomic E-state index is 0.0901. The van der Waals surface area contributed by atoms with Crippen molar-refractivity contribution in [1.29, 1.82) is 0 Å². The van der Waals surface area contributed by atoms with E-state index in [1.165, 1.54) is 74.8 Å². The second kappa shape index (κ2) is 12.0. The lowest BCUT2D eigenvalue weighted by atomic mass is 9.77. The van der Waals surface area contributed by atoms with E-state index in [4.69, 9.17) is 5.11 Å². The summed E-state index contributed by atoms with van der Waals surface area (Å²) in [6.45, 7) is 8.86. The number of unbranched alkanes of at least 4 members (excludes halogenated alkanes) is 7. The third-order valence-electron chi connectivity index (χ3n) is 7.01. The van der Waals surface area contributed by atoms with Crippen molar-refractivity contribution in [2.45, 2.75) is 84.0 Å². The van der Waals surface area contributed by atoms with E-state index in [0.29, 0.717) is 11.3 Å². The molecular weight excluding hydrogens is 424 g/mol. The monoisotopic (exact) mass is 464 g/mol. The summed E-state index contributed by atoms with van der Waals surface area (Å²) in [4.78, 5) is 26.5. The average molecular weight is 465 g/mol. The molecule has 5 nitrogen and oxygen atoms in total. The van der Waals surface area contributed by atoms with Crippen LogP contribution < -0.4 is 10.2 Å². The zero-order valence-electron chi connectivity index (χ0n) is 21.0. The molecule has 0 bridgehead atoms. The first-order valence-corrected chi connectivity index (χ1v) is 12.9. The Hall–Kier alpha value is -2.82. The standard InChI is InChI=1S/C29H40N2O3/c1-4-5-6-7-8-9-10-11-19-31-20-18-29(2,3)25-17-14-23(21-26(25)31)27(32)30-24-15-12-22(13-16-24)28(33)34/h12-17,21H,4-11,18-20H2,1-3H3,(H,30,32)(H,33,34). The fourth-order valence-electron chi connectivity index (χ4n) is 4.74. The first kappa shape index (κ1) is 25.8. The van der Waals surface area contributed by atoms with Crippen molar-refractivity contribution in [2.75, 3.05) is 23.3 Å². The van der Waals surface area contributed by atoms with Gasteiger partial charge in [0.2, 0.25) is 0 Å². The molecule has 1 heterocycles. The van der Waals surface area contributed by atoms with Crippen molar-refractivity contribution in [2.24, 2.45) is 0 Å². The summed E-state index contributed by atoms with van der Waals surface area (Å²) in [5, 5.41) is 12.0. The Morgan fingerprint density at radius 2 is 1.53 bits per heavy atom. The highest BCUT2D eigenvalue weighted by Crippen LogP contribution is 2.40. The third-order valence-corrected chi connectivity index (χ3v) is 7.01. The van der Waals surface area contributed by atoms with Gasteiger partial charge in [0, 0.05) is 30.0 Å². The molecular formula is C29H40N2O3. The number of nitrogens with one attached hydrogen (secondary N) is 1. The first-order valence-electron chi connectivity index (χ1n) is 12.9. The van der Waals surface area contributed by atoms with Crippen molar-refractivity contribution in [3.8, 4) is 0 Å². The number of amides is 1. The molecule has 5 heteroatoms. The van der Waals surface area contributed by atoms with E-state index >= 15 is 0 Å². The highest BCUT2D eigenvalue weighted by molar-refractivity contribution is 6.05. The maximum Gasteiger partial charge on any atom is 0.335 e. The fraction of sp³-hybridized carbons (Fsp3) is 0.517. The van der Waals surface area contributed by atoms with Gasteiger partial charge in [-0.05, 0) is 60.2 Å². The minimum atomic E-state index is -0.980. The quantitative estimate of drug-likeness (QED) is 0.324. The molecule has 184 valence electrons. The van der Waals surface area contributed by atoms with Crippen molar-refractivity contribution in [3.63, 3.8) is 0 Å². The van der Waals surface area contributed by atoms with Gasteiger partial charge in [0.15, 0.2) is 0 Å². The summed E-state index contributed by atoms with van der Waals surface area (Å²) in [5.41, 5.74) is 3.98. The van der Waals surface area contributed by atoms with Crippen LogP contribution in [0.25, 0.3) is 0 Å². The molecule has 2 N–H and O–H groups in total. The van der Waals surface area contributed by atoms with E-state index in [0.717, 1.165) is 19.5 Å². The van der Waals surface area contributed by atoms with Gasteiger partial charge in [-0.2, -0.15) is 0 Å². The molecule has 2 aromatic rings. The number of anilines is 2. The van der Waals surface area contributed by atoms with E-state index in [1.54, 1.807) is 12.1 Å². The first-order chi connectivity index (χ1) is 16.3. The van der Waals surface area contributed by atoms with Crippen LogP contribution in [-0.2, 0) is 5.41 Å². The molecule has 0 saturated carbocycles. The number of carbonyl (C=O) groups is 2. The Kier molecular flexibility index (Phi) is 9.14. The summed E-state index contributed by atoms with van der Waals surface area (Å²) in [6.07, 6.45) is 11.5. The molecule has 1 aliphatic rings. The van der Waals surface area contributed by atoms with Gasteiger partial charge in [-0.15, -0.1) is 0 Å². The summed E-state index contributed by atoms with van der Waals surface area (Å²) in [5.74, 6) is -1.16. The molecule has 1 aliphatic heterocycles. The van der Waals surface area contributed by atoms with Crippen LogP contribution in [0.4, 0.5) is 11.4 Å². The molecule has 1 amide bonds. The zero-order chi connectivity index (χ0) is 24.6. The Labute approximate surface area is 204 Å². The van der Waals surface area contributed by atoms with Crippen LogP contribution in [0.3, 0.4) is 0 Å². The number of carboxylic acids is 1. The maximum atomic E-state index is 12.9. The Morgan fingerprint density at radius 1 is 0.912 bits per heavy atom. The van der Waals surface area contributed by atoms with Crippen LogP contribution in [0, 0.1) is 0 Å². The molecule has 3 rings (SSSR count). The van der Waals surface area contributed by atoms with Gasteiger partial charge >= 0.3 is 5.97 Å². The van der Waals surface area contributed by atoms with Gasteiger partial charge in [-0.1, -0.05) is 71.8 Å². The van der Waals surface area contributed by atoms with Crippen molar-refractivity contribution in [3.05, 3.63) is 59.2 Å². The zero-order valence-corrected chi connectivity index (χ0v) is 21.0. The van der Waals surface area contributed by atoms with Crippen LogP contribution in [-0.4, -0.2) is 30.1 Å². The molecule has 0 saturated heterocycles. The van der Waals surface area contributed by atoms with Crippen LogP contribution in [0.1, 0.15) is 105 Å². The number of hydrogen-bond donors (Lipinski definition) is 2. The number of fused-ring (bicyclic) bond motifs is 1. The SMILES string of the molecule is CCCCCCCCCCN1CCC(C)(C)c2ccc(C(=O)Nc3ccc(C(=O)O)cc3)cc21. The number of carboxylic acid groups (broad SMARTS) is 1. The van der Waals surface area contributed by atoms with E-state index in [9.17, 15) is 9.59 Å². The number of aromatic carboxylic acids is 1. The van der Waals surface area contributed by atoms with Crippen molar-refractivity contribution >= 4 is 23.3 Å². The average Bonchev–Trinajstić information content (AvgIpc) is 2.82. The molecule has 0 aliphatic carbocycles. The van der Waals surface area contributed by atoms with Crippen molar-refractivity contribution < 1.29 is 14.7 Å². The summed E-state index contributed by atoms with van der Waals surface area (Å²) < 4.78 is 0. The second-order valence-electron chi connectivity index (χ2n) is 10.2. The predicted molar refractivity (Wildman–Crippen MR) is 140 cm³/mol. The fourth-order valence-corrected chi connectivity index (χ4v) is 4.74. The van der Waals surface area contributed by atoms with E-state index in [1.807, 2.05) is 12.1 Å². The van der Waals surface area contributed by atoms with Gasteiger partial charge in [0.1, 0.15) is 0 Å². The normalized spacial score (nSPS) is 14.5. The Morgan fingerprint density at radius 3 is 2.18 bits per heavy atom. The van der Waals surface area contributed by atoms with E-state index in [-0.39, 0.29) is 16.9 Å².